The van der Waals surface area contributed by atoms with Crippen LogP contribution in [-0.4, -0.2) is 34.9 Å². The van der Waals surface area contributed by atoms with Crippen molar-refractivity contribution >= 4 is 40.0 Å². The molecule has 8 nitrogen and oxygen atoms in total. The maximum Gasteiger partial charge on any atom is 0.255 e. The van der Waals surface area contributed by atoms with Gasteiger partial charge in [-0.1, -0.05) is 11.1 Å². The van der Waals surface area contributed by atoms with Crippen LogP contribution < -0.4 is 20.5 Å². The van der Waals surface area contributed by atoms with Crippen molar-refractivity contribution in [1.82, 2.24) is 9.97 Å². The van der Waals surface area contributed by atoms with Gasteiger partial charge in [0.05, 0.1) is 13.1 Å². The first-order chi connectivity index (χ1) is 17.0. The number of hydrogen-bond acceptors (Lipinski definition) is 4. The molecule has 9 heteroatoms. The number of H-pyrrole nitrogens is 2. The number of fused-ring (bicyclic) bond motifs is 1. The molecular weight excluding hydrogens is 447 g/mol. The van der Waals surface area contributed by atoms with Crippen molar-refractivity contribution in [2.45, 2.75) is 19.8 Å². The van der Waals surface area contributed by atoms with Crippen molar-refractivity contribution in [3.8, 4) is 0 Å². The Bertz CT molecular complexity index is 1380. The predicted molar refractivity (Wildman–Crippen MR) is 132 cm³/mol. The Kier molecular flexibility index (Phi) is 6.13. The molecule has 1 aliphatic heterocycles. The van der Waals surface area contributed by atoms with Gasteiger partial charge < -0.3 is 15.6 Å². The highest BCUT2D eigenvalue weighted by Crippen LogP contribution is 2.28. The summed E-state index contributed by atoms with van der Waals surface area (Å²) in [5.41, 5.74) is 3.44. The molecule has 0 aliphatic carbocycles. The molecule has 178 valence electrons. The van der Waals surface area contributed by atoms with Crippen LogP contribution in [0.5, 0.6) is 0 Å². The lowest BCUT2D eigenvalue weighted by atomic mass is 9.95. The smallest absolute Gasteiger partial charge is 0.255 e. The van der Waals surface area contributed by atoms with E-state index in [4.69, 9.17) is 0 Å². The Labute approximate surface area is 201 Å². The number of benzene rings is 2. The third-order valence-corrected chi connectivity index (χ3v) is 6.36. The standard InChI is InChI=1S/C26H25FN6O2/c1-16-14-28-23-22(16)24(30-15-29-23)33-11-9-17(10-12-33)25(34)32-21-4-2-3-18(13-21)26(35)31-20-7-5-19(27)6-8-20/h2-8,13-15,17H,9-12H2,1H3,(H,31,35)(H,32,34)(H,28,29,30)/p+1. The first-order valence-electron chi connectivity index (χ1n) is 11.5. The maximum atomic E-state index is 13.1. The van der Waals surface area contributed by atoms with E-state index in [2.05, 4.69) is 30.5 Å². The van der Waals surface area contributed by atoms with E-state index >= 15 is 0 Å². The number of aryl methyl sites for hydroxylation is 1. The van der Waals surface area contributed by atoms with Crippen molar-refractivity contribution < 1.29 is 19.0 Å². The lowest BCUT2D eigenvalue weighted by Crippen LogP contribution is -2.40. The Balaban J connectivity index is 1.20. The molecule has 5 rings (SSSR count). The summed E-state index contributed by atoms with van der Waals surface area (Å²) in [6, 6.07) is 12.4. The maximum absolute atomic E-state index is 13.1. The van der Waals surface area contributed by atoms with Crippen LogP contribution in [0.4, 0.5) is 21.6 Å². The number of amides is 2. The number of aromatic nitrogens is 3. The number of carbonyl (C=O) groups excluding carboxylic acids is 2. The number of nitrogens with one attached hydrogen (secondary N) is 4. The normalized spacial score (nSPS) is 14.2. The fourth-order valence-corrected chi connectivity index (χ4v) is 4.47. The van der Waals surface area contributed by atoms with E-state index in [1.165, 1.54) is 24.3 Å². The number of aromatic amines is 2. The highest BCUT2D eigenvalue weighted by atomic mass is 19.1. The number of piperidine rings is 1. The van der Waals surface area contributed by atoms with E-state index in [9.17, 15) is 14.0 Å². The van der Waals surface area contributed by atoms with Gasteiger partial charge in [-0.3, -0.25) is 14.5 Å². The lowest BCUT2D eigenvalue weighted by Gasteiger charge is -2.28. The molecule has 2 amide bonds. The van der Waals surface area contributed by atoms with E-state index < -0.39 is 0 Å². The van der Waals surface area contributed by atoms with Crippen LogP contribution in [0.3, 0.4) is 0 Å². The van der Waals surface area contributed by atoms with Crippen LogP contribution >= 0.6 is 0 Å². The van der Waals surface area contributed by atoms with Gasteiger partial charge in [0.25, 0.3) is 5.91 Å². The third-order valence-electron chi connectivity index (χ3n) is 6.36. The highest BCUT2D eigenvalue weighted by molar-refractivity contribution is 6.05. The van der Waals surface area contributed by atoms with Crippen LogP contribution in [0.2, 0.25) is 0 Å². The van der Waals surface area contributed by atoms with Crippen LogP contribution in [0.25, 0.3) is 11.0 Å². The second-order valence-electron chi connectivity index (χ2n) is 8.74. The summed E-state index contributed by atoms with van der Waals surface area (Å²) in [5.74, 6) is 0.147. The molecule has 3 heterocycles. The average Bonchev–Trinajstić information content (AvgIpc) is 3.26. The largest absolute Gasteiger partial charge is 0.332 e. The summed E-state index contributed by atoms with van der Waals surface area (Å²) in [5, 5.41) is 6.76. The minimum absolute atomic E-state index is 0.0533. The van der Waals surface area contributed by atoms with Gasteiger partial charge in [-0.15, -0.1) is 0 Å². The molecule has 35 heavy (non-hydrogen) atoms. The highest BCUT2D eigenvalue weighted by Gasteiger charge is 2.30. The number of halogens is 1. The number of anilines is 3. The first-order valence-corrected chi connectivity index (χ1v) is 11.5. The molecule has 4 aromatic rings. The number of rotatable bonds is 5. The topological polar surface area (TPSA) is 104 Å². The Hall–Kier alpha value is -4.27. The van der Waals surface area contributed by atoms with Gasteiger partial charge in [-0.2, -0.15) is 0 Å². The second kappa shape index (κ2) is 9.54. The fourth-order valence-electron chi connectivity index (χ4n) is 4.47. The summed E-state index contributed by atoms with van der Waals surface area (Å²) in [6.07, 6.45) is 5.07. The summed E-state index contributed by atoms with van der Waals surface area (Å²) < 4.78 is 13.1. The van der Waals surface area contributed by atoms with Crippen molar-refractivity contribution in [3.63, 3.8) is 0 Å². The molecular formula is C26H26FN6O2+. The van der Waals surface area contributed by atoms with Crippen LogP contribution in [0, 0.1) is 18.7 Å². The molecule has 0 spiro atoms. The molecule has 0 atom stereocenters. The van der Waals surface area contributed by atoms with Crippen LogP contribution in [0.1, 0.15) is 28.8 Å². The summed E-state index contributed by atoms with van der Waals surface area (Å²) in [4.78, 5) is 38.6. The van der Waals surface area contributed by atoms with Crippen LogP contribution in [-0.2, 0) is 4.79 Å². The second-order valence-corrected chi connectivity index (χ2v) is 8.74. The summed E-state index contributed by atoms with van der Waals surface area (Å²) >= 11 is 0. The van der Waals surface area contributed by atoms with Gasteiger partial charge in [0.1, 0.15) is 11.2 Å². The first kappa shape index (κ1) is 22.5. The van der Waals surface area contributed by atoms with E-state index in [0.717, 1.165) is 48.3 Å². The van der Waals surface area contributed by atoms with Crippen LogP contribution in [0.15, 0.2) is 61.1 Å². The van der Waals surface area contributed by atoms with E-state index in [1.54, 1.807) is 30.6 Å². The molecule has 2 aromatic carbocycles. The molecule has 1 fully saturated rings. The number of hydrogen-bond donors (Lipinski definition) is 3. The SMILES string of the molecule is Cc1c[nH]c2nc[nH+]c(N3CCC(C(=O)Nc4cccc(C(=O)Nc5ccc(F)cc5)c4)CC3)c12. The molecule has 1 saturated heterocycles. The zero-order valence-corrected chi connectivity index (χ0v) is 19.3. The summed E-state index contributed by atoms with van der Waals surface area (Å²) in [7, 11) is 0. The van der Waals surface area contributed by atoms with Crippen molar-refractivity contribution in [3.05, 3.63) is 78.0 Å². The zero-order chi connectivity index (χ0) is 24.4. The molecule has 0 bridgehead atoms. The molecule has 1 aliphatic rings. The lowest BCUT2D eigenvalue weighted by molar-refractivity contribution is -0.367. The number of carbonyl (C=O) groups is 2. The molecule has 0 unspecified atom stereocenters. The zero-order valence-electron chi connectivity index (χ0n) is 19.3. The van der Waals surface area contributed by atoms with Gasteiger partial charge >= 0.3 is 0 Å². The van der Waals surface area contributed by atoms with Gasteiger partial charge in [-0.25, -0.2) is 9.37 Å². The van der Waals surface area contributed by atoms with Gasteiger partial charge in [0.15, 0.2) is 0 Å². The summed E-state index contributed by atoms with van der Waals surface area (Å²) in [6.45, 7) is 3.54. The van der Waals surface area contributed by atoms with Gasteiger partial charge in [-0.05, 0) is 67.8 Å². The minimum atomic E-state index is -0.370. The Morgan fingerprint density at radius 2 is 1.86 bits per heavy atom. The molecule has 2 aromatic heterocycles. The third kappa shape index (κ3) is 4.84. The van der Waals surface area contributed by atoms with Gasteiger partial charge in [0.2, 0.25) is 23.7 Å². The van der Waals surface area contributed by atoms with Crippen molar-refractivity contribution in [2.75, 3.05) is 28.6 Å². The predicted octanol–water partition coefficient (Wildman–Crippen LogP) is 3.93. The molecule has 0 radical (unpaired) electrons. The van der Waals surface area contributed by atoms with Crippen molar-refractivity contribution in [1.29, 1.82) is 0 Å². The fraction of sp³-hybridized carbons (Fsp3) is 0.231. The van der Waals surface area contributed by atoms with E-state index in [-0.39, 0.29) is 23.5 Å². The Morgan fingerprint density at radius 1 is 1.09 bits per heavy atom. The quantitative estimate of drug-likeness (QED) is 0.409. The van der Waals surface area contributed by atoms with Crippen molar-refractivity contribution in [2.24, 2.45) is 5.92 Å². The van der Waals surface area contributed by atoms with E-state index in [1.807, 2.05) is 13.1 Å². The van der Waals surface area contributed by atoms with Gasteiger partial charge in [0, 0.05) is 29.1 Å². The van der Waals surface area contributed by atoms with E-state index in [0.29, 0.717) is 16.9 Å². The number of nitrogens with zero attached hydrogens (tertiary/aromatic N) is 2. The monoisotopic (exact) mass is 473 g/mol. The minimum Gasteiger partial charge on any atom is -0.332 e. The molecule has 4 N–H and O–H groups in total. The molecule has 0 saturated carbocycles. The Morgan fingerprint density at radius 3 is 2.63 bits per heavy atom. The average molecular weight is 474 g/mol.